The first-order chi connectivity index (χ1) is 6.84. The predicted octanol–water partition coefficient (Wildman–Crippen LogP) is 1.70. The SMILES string of the molecule is Nc1cnc(OCc2cccs2)cn1. The van der Waals surface area contributed by atoms with Gasteiger partial charge in [-0.15, -0.1) is 11.3 Å². The van der Waals surface area contributed by atoms with Gasteiger partial charge in [0.2, 0.25) is 5.88 Å². The van der Waals surface area contributed by atoms with Crippen molar-refractivity contribution in [2.75, 3.05) is 5.73 Å². The van der Waals surface area contributed by atoms with E-state index in [4.69, 9.17) is 10.5 Å². The van der Waals surface area contributed by atoms with E-state index >= 15 is 0 Å². The van der Waals surface area contributed by atoms with Crippen molar-refractivity contribution in [3.8, 4) is 5.88 Å². The monoisotopic (exact) mass is 207 g/mol. The summed E-state index contributed by atoms with van der Waals surface area (Å²) in [5, 5.41) is 2.01. The van der Waals surface area contributed by atoms with Crippen LogP contribution in [0.25, 0.3) is 0 Å². The van der Waals surface area contributed by atoms with Crippen LogP contribution in [0.5, 0.6) is 5.88 Å². The van der Waals surface area contributed by atoms with Crippen LogP contribution in [-0.4, -0.2) is 9.97 Å². The van der Waals surface area contributed by atoms with E-state index in [1.165, 1.54) is 12.4 Å². The van der Waals surface area contributed by atoms with Gasteiger partial charge in [0.15, 0.2) is 0 Å². The van der Waals surface area contributed by atoms with Gasteiger partial charge in [0, 0.05) is 4.88 Å². The molecular weight excluding hydrogens is 198 g/mol. The Morgan fingerprint density at radius 2 is 2.29 bits per heavy atom. The number of anilines is 1. The fourth-order valence-electron chi connectivity index (χ4n) is 0.940. The number of hydrogen-bond acceptors (Lipinski definition) is 5. The molecule has 14 heavy (non-hydrogen) atoms. The number of nitrogens with two attached hydrogens (primary N) is 1. The highest BCUT2D eigenvalue weighted by atomic mass is 32.1. The average molecular weight is 207 g/mol. The number of rotatable bonds is 3. The third-order valence-corrected chi connectivity index (χ3v) is 2.44. The molecule has 0 aliphatic rings. The second-order valence-electron chi connectivity index (χ2n) is 2.65. The largest absolute Gasteiger partial charge is 0.471 e. The number of aromatic nitrogens is 2. The summed E-state index contributed by atoms with van der Waals surface area (Å²) < 4.78 is 5.39. The molecule has 4 nitrogen and oxygen atoms in total. The maximum absolute atomic E-state index is 5.39. The van der Waals surface area contributed by atoms with E-state index in [2.05, 4.69) is 9.97 Å². The summed E-state index contributed by atoms with van der Waals surface area (Å²) in [4.78, 5) is 9.00. The van der Waals surface area contributed by atoms with Crippen molar-refractivity contribution < 1.29 is 4.74 Å². The van der Waals surface area contributed by atoms with Crippen molar-refractivity contribution in [2.24, 2.45) is 0 Å². The number of ether oxygens (including phenoxy) is 1. The van der Waals surface area contributed by atoms with Crippen LogP contribution in [-0.2, 0) is 6.61 Å². The molecule has 0 aliphatic heterocycles. The third kappa shape index (κ3) is 2.20. The molecule has 0 saturated heterocycles. The van der Waals surface area contributed by atoms with Gasteiger partial charge < -0.3 is 10.5 Å². The Morgan fingerprint density at radius 3 is 2.93 bits per heavy atom. The van der Waals surface area contributed by atoms with Crippen LogP contribution in [0.15, 0.2) is 29.9 Å². The van der Waals surface area contributed by atoms with Gasteiger partial charge in [-0.1, -0.05) is 6.07 Å². The van der Waals surface area contributed by atoms with Gasteiger partial charge in [-0.3, -0.25) is 0 Å². The smallest absolute Gasteiger partial charge is 0.232 e. The Morgan fingerprint density at radius 1 is 1.36 bits per heavy atom. The molecule has 0 saturated carbocycles. The zero-order valence-electron chi connectivity index (χ0n) is 7.38. The van der Waals surface area contributed by atoms with Crippen molar-refractivity contribution in [3.63, 3.8) is 0 Å². The van der Waals surface area contributed by atoms with Crippen molar-refractivity contribution in [3.05, 3.63) is 34.8 Å². The van der Waals surface area contributed by atoms with E-state index in [0.717, 1.165) is 4.88 Å². The standard InChI is InChI=1S/C9H9N3OS/c10-8-4-12-9(5-11-8)13-6-7-2-1-3-14-7/h1-5H,6H2,(H2,10,11). The van der Waals surface area contributed by atoms with Gasteiger partial charge >= 0.3 is 0 Å². The van der Waals surface area contributed by atoms with Gasteiger partial charge in [-0.2, -0.15) is 0 Å². The molecule has 0 aromatic carbocycles. The van der Waals surface area contributed by atoms with Gasteiger partial charge in [0.25, 0.3) is 0 Å². The van der Waals surface area contributed by atoms with Crippen LogP contribution in [0.3, 0.4) is 0 Å². The van der Waals surface area contributed by atoms with Crippen LogP contribution in [0.1, 0.15) is 4.88 Å². The lowest BCUT2D eigenvalue weighted by Gasteiger charge is -2.02. The molecule has 2 aromatic rings. The Hall–Kier alpha value is -1.62. The number of thiophene rings is 1. The molecule has 2 aromatic heterocycles. The van der Waals surface area contributed by atoms with Gasteiger partial charge in [0.1, 0.15) is 12.4 Å². The highest BCUT2D eigenvalue weighted by Crippen LogP contribution is 2.12. The van der Waals surface area contributed by atoms with Crippen molar-refractivity contribution in [1.29, 1.82) is 0 Å². The average Bonchev–Trinajstić information content (AvgIpc) is 2.70. The van der Waals surface area contributed by atoms with Crippen molar-refractivity contribution >= 4 is 17.2 Å². The van der Waals surface area contributed by atoms with Gasteiger partial charge in [-0.05, 0) is 11.4 Å². The van der Waals surface area contributed by atoms with Crippen LogP contribution in [0.2, 0.25) is 0 Å². The molecule has 0 atom stereocenters. The minimum atomic E-state index is 0.397. The summed E-state index contributed by atoms with van der Waals surface area (Å²) in [6.07, 6.45) is 2.99. The van der Waals surface area contributed by atoms with E-state index in [1.54, 1.807) is 11.3 Å². The fraction of sp³-hybridized carbons (Fsp3) is 0.111. The number of nitrogen functional groups attached to an aromatic ring is 1. The molecule has 0 spiro atoms. The van der Waals surface area contributed by atoms with Crippen LogP contribution >= 0.6 is 11.3 Å². The van der Waals surface area contributed by atoms with Gasteiger partial charge in [0.05, 0.1) is 12.4 Å². The van der Waals surface area contributed by atoms with Crippen molar-refractivity contribution in [2.45, 2.75) is 6.61 Å². The Labute approximate surface area is 85.4 Å². The first kappa shape index (κ1) is 8.96. The zero-order chi connectivity index (χ0) is 9.80. The quantitative estimate of drug-likeness (QED) is 0.832. The fourth-order valence-corrected chi connectivity index (χ4v) is 1.56. The summed E-state index contributed by atoms with van der Waals surface area (Å²) in [6, 6.07) is 3.99. The zero-order valence-corrected chi connectivity index (χ0v) is 8.20. The van der Waals surface area contributed by atoms with E-state index in [1.807, 2.05) is 17.5 Å². The molecule has 0 unspecified atom stereocenters. The lowest BCUT2D eigenvalue weighted by molar-refractivity contribution is 0.296. The first-order valence-corrected chi connectivity index (χ1v) is 4.95. The third-order valence-electron chi connectivity index (χ3n) is 1.59. The number of hydrogen-bond donors (Lipinski definition) is 1. The lowest BCUT2D eigenvalue weighted by atomic mass is 10.5. The molecule has 2 rings (SSSR count). The molecule has 2 N–H and O–H groups in total. The molecule has 0 fully saturated rings. The molecule has 72 valence electrons. The summed E-state index contributed by atoms with van der Waals surface area (Å²) >= 11 is 1.65. The normalized spacial score (nSPS) is 10.0. The number of nitrogens with zero attached hydrogens (tertiary/aromatic N) is 2. The Bertz CT molecular complexity index is 385. The summed E-state index contributed by atoms with van der Waals surface area (Å²) in [5.41, 5.74) is 5.39. The summed E-state index contributed by atoms with van der Waals surface area (Å²) in [6.45, 7) is 0.524. The second kappa shape index (κ2) is 4.06. The molecular formula is C9H9N3OS. The van der Waals surface area contributed by atoms with Crippen LogP contribution in [0, 0.1) is 0 Å². The van der Waals surface area contributed by atoms with Crippen LogP contribution < -0.4 is 10.5 Å². The molecule has 2 heterocycles. The molecule has 0 radical (unpaired) electrons. The minimum absolute atomic E-state index is 0.397. The molecule has 0 amide bonds. The molecule has 5 heteroatoms. The maximum atomic E-state index is 5.39. The van der Waals surface area contributed by atoms with E-state index < -0.39 is 0 Å². The van der Waals surface area contributed by atoms with E-state index in [-0.39, 0.29) is 0 Å². The van der Waals surface area contributed by atoms with E-state index in [9.17, 15) is 0 Å². The molecule has 0 bridgehead atoms. The topological polar surface area (TPSA) is 61.0 Å². The Kier molecular flexibility index (Phi) is 2.60. The molecule has 0 aliphatic carbocycles. The van der Waals surface area contributed by atoms with Gasteiger partial charge in [-0.25, -0.2) is 9.97 Å². The summed E-state index contributed by atoms with van der Waals surface area (Å²) in [5.74, 6) is 0.890. The predicted molar refractivity (Wildman–Crippen MR) is 55.1 cm³/mol. The van der Waals surface area contributed by atoms with Crippen molar-refractivity contribution in [1.82, 2.24) is 9.97 Å². The van der Waals surface area contributed by atoms with E-state index in [0.29, 0.717) is 18.3 Å². The first-order valence-electron chi connectivity index (χ1n) is 4.07. The minimum Gasteiger partial charge on any atom is -0.471 e. The highest BCUT2D eigenvalue weighted by molar-refractivity contribution is 7.09. The maximum Gasteiger partial charge on any atom is 0.232 e. The lowest BCUT2D eigenvalue weighted by Crippen LogP contribution is -1.97. The summed E-state index contributed by atoms with van der Waals surface area (Å²) in [7, 11) is 0. The Balaban J connectivity index is 1.95. The highest BCUT2D eigenvalue weighted by Gasteiger charge is 1.97. The second-order valence-corrected chi connectivity index (χ2v) is 3.68. The van der Waals surface area contributed by atoms with Crippen LogP contribution in [0.4, 0.5) is 5.82 Å².